The molecule has 2 rings (SSSR count). The van der Waals surface area contributed by atoms with Crippen molar-refractivity contribution in [2.24, 2.45) is 0 Å². The smallest absolute Gasteiger partial charge is 0.278 e. The van der Waals surface area contributed by atoms with Crippen LogP contribution in [0.5, 0.6) is 0 Å². The van der Waals surface area contributed by atoms with E-state index in [4.69, 9.17) is 11.6 Å². The molecule has 0 bridgehead atoms. The third-order valence-electron chi connectivity index (χ3n) is 1.88. The molecule has 0 amide bonds. The van der Waals surface area contributed by atoms with Gasteiger partial charge in [-0.05, 0) is 18.2 Å². The van der Waals surface area contributed by atoms with Crippen LogP contribution in [-0.2, 0) is 10.0 Å². The summed E-state index contributed by atoms with van der Waals surface area (Å²) < 4.78 is 38.7. The zero-order chi connectivity index (χ0) is 12.5. The Labute approximate surface area is 102 Å². The predicted octanol–water partition coefficient (Wildman–Crippen LogP) is 2.00. The van der Waals surface area contributed by atoms with Crippen molar-refractivity contribution in [2.45, 2.75) is 5.03 Å². The van der Waals surface area contributed by atoms with Crippen molar-refractivity contribution >= 4 is 27.3 Å². The SMILES string of the molecule is O=S(=O)(Nc1cc(F)cc(Cl)c1)c1cnc[nH]1. The molecule has 0 aliphatic carbocycles. The zero-order valence-corrected chi connectivity index (χ0v) is 9.89. The number of imidazole rings is 1. The van der Waals surface area contributed by atoms with Gasteiger partial charge in [-0.1, -0.05) is 11.6 Å². The van der Waals surface area contributed by atoms with Gasteiger partial charge in [-0.3, -0.25) is 4.72 Å². The molecular formula is C9H7ClFN3O2S. The van der Waals surface area contributed by atoms with Crippen LogP contribution < -0.4 is 4.72 Å². The summed E-state index contributed by atoms with van der Waals surface area (Å²) in [7, 11) is -3.80. The summed E-state index contributed by atoms with van der Waals surface area (Å²) in [5.41, 5.74) is 0.0459. The number of aromatic amines is 1. The lowest BCUT2D eigenvalue weighted by molar-refractivity contribution is 0.598. The van der Waals surface area contributed by atoms with E-state index in [2.05, 4.69) is 14.7 Å². The predicted molar refractivity (Wildman–Crippen MR) is 60.8 cm³/mol. The van der Waals surface area contributed by atoms with Crippen LogP contribution in [0.1, 0.15) is 0 Å². The van der Waals surface area contributed by atoms with Gasteiger partial charge in [0.25, 0.3) is 10.0 Å². The highest BCUT2D eigenvalue weighted by atomic mass is 35.5. The molecule has 17 heavy (non-hydrogen) atoms. The molecule has 1 aromatic carbocycles. The highest BCUT2D eigenvalue weighted by Crippen LogP contribution is 2.20. The molecule has 0 saturated heterocycles. The molecular weight excluding hydrogens is 269 g/mol. The Morgan fingerprint density at radius 3 is 2.71 bits per heavy atom. The fourth-order valence-electron chi connectivity index (χ4n) is 1.21. The van der Waals surface area contributed by atoms with Crippen molar-refractivity contribution in [1.29, 1.82) is 0 Å². The number of anilines is 1. The Morgan fingerprint density at radius 2 is 2.12 bits per heavy atom. The molecule has 8 heteroatoms. The second kappa shape index (κ2) is 4.34. The fourth-order valence-corrected chi connectivity index (χ4v) is 2.38. The summed E-state index contributed by atoms with van der Waals surface area (Å²) in [6.07, 6.45) is 2.37. The number of halogens is 2. The molecule has 2 aromatic rings. The number of benzene rings is 1. The summed E-state index contributed by atoms with van der Waals surface area (Å²) in [6.45, 7) is 0. The van der Waals surface area contributed by atoms with Crippen molar-refractivity contribution in [2.75, 3.05) is 4.72 Å². The first-order chi connectivity index (χ1) is 7.97. The van der Waals surface area contributed by atoms with Crippen molar-refractivity contribution < 1.29 is 12.8 Å². The average Bonchev–Trinajstić information content (AvgIpc) is 2.67. The molecule has 0 atom stereocenters. The first-order valence-corrected chi connectivity index (χ1v) is 6.31. The van der Waals surface area contributed by atoms with E-state index in [0.29, 0.717) is 0 Å². The summed E-state index contributed by atoms with van der Waals surface area (Å²) in [5, 5.41) is -0.00908. The molecule has 0 spiro atoms. The molecule has 1 aromatic heterocycles. The van der Waals surface area contributed by atoms with Gasteiger partial charge < -0.3 is 4.98 Å². The fraction of sp³-hybridized carbons (Fsp3) is 0. The maximum atomic E-state index is 13.0. The van der Waals surface area contributed by atoms with Gasteiger partial charge in [0.2, 0.25) is 0 Å². The van der Waals surface area contributed by atoms with Gasteiger partial charge in [0.1, 0.15) is 5.82 Å². The highest BCUT2D eigenvalue weighted by molar-refractivity contribution is 7.92. The Bertz CT molecular complexity index is 607. The van der Waals surface area contributed by atoms with Gasteiger partial charge in [-0.15, -0.1) is 0 Å². The minimum absolute atomic E-state index is 0.0459. The van der Waals surface area contributed by atoms with Crippen LogP contribution >= 0.6 is 11.6 Å². The minimum atomic E-state index is -3.80. The lowest BCUT2D eigenvalue weighted by atomic mass is 10.3. The summed E-state index contributed by atoms with van der Waals surface area (Å²) >= 11 is 5.61. The minimum Gasteiger partial charge on any atom is -0.334 e. The van der Waals surface area contributed by atoms with Crippen LogP contribution in [0.2, 0.25) is 5.02 Å². The Hall–Kier alpha value is -1.60. The van der Waals surface area contributed by atoms with Crippen LogP contribution in [0.3, 0.4) is 0 Å². The maximum Gasteiger partial charge on any atom is 0.278 e. The van der Waals surface area contributed by atoms with E-state index in [9.17, 15) is 12.8 Å². The van der Waals surface area contributed by atoms with Gasteiger partial charge in [0.15, 0.2) is 5.03 Å². The number of sulfonamides is 1. The van der Waals surface area contributed by atoms with Crippen LogP contribution in [0, 0.1) is 5.82 Å². The maximum absolute atomic E-state index is 13.0. The molecule has 0 unspecified atom stereocenters. The Morgan fingerprint density at radius 1 is 1.35 bits per heavy atom. The van der Waals surface area contributed by atoms with E-state index >= 15 is 0 Å². The summed E-state index contributed by atoms with van der Waals surface area (Å²) in [5.74, 6) is -0.625. The van der Waals surface area contributed by atoms with Gasteiger partial charge in [0.05, 0.1) is 18.2 Å². The van der Waals surface area contributed by atoms with Crippen molar-refractivity contribution in [3.05, 3.63) is 41.6 Å². The van der Waals surface area contributed by atoms with Gasteiger partial charge >= 0.3 is 0 Å². The summed E-state index contributed by atoms with van der Waals surface area (Å²) in [4.78, 5) is 6.03. The lowest BCUT2D eigenvalue weighted by Crippen LogP contribution is -2.13. The van der Waals surface area contributed by atoms with E-state index in [1.165, 1.54) is 12.4 Å². The van der Waals surface area contributed by atoms with Crippen LogP contribution in [0.4, 0.5) is 10.1 Å². The first kappa shape index (κ1) is 11.9. The molecule has 0 radical (unpaired) electrons. The molecule has 0 aliphatic rings. The van der Waals surface area contributed by atoms with E-state index in [0.717, 1.165) is 18.3 Å². The monoisotopic (exact) mass is 275 g/mol. The molecule has 0 saturated carbocycles. The van der Waals surface area contributed by atoms with E-state index in [1.54, 1.807) is 0 Å². The standard InChI is InChI=1S/C9H7ClFN3O2S/c10-6-1-7(11)3-8(2-6)14-17(15,16)9-4-12-5-13-9/h1-5,14H,(H,12,13). The highest BCUT2D eigenvalue weighted by Gasteiger charge is 2.16. The van der Waals surface area contributed by atoms with Gasteiger partial charge in [-0.25, -0.2) is 9.37 Å². The zero-order valence-electron chi connectivity index (χ0n) is 8.31. The molecule has 0 aliphatic heterocycles. The third-order valence-corrected chi connectivity index (χ3v) is 3.40. The number of rotatable bonds is 3. The van der Waals surface area contributed by atoms with Crippen LogP contribution in [0.25, 0.3) is 0 Å². The third kappa shape index (κ3) is 2.75. The number of hydrogen-bond donors (Lipinski definition) is 2. The normalized spacial score (nSPS) is 11.4. The number of hydrogen-bond acceptors (Lipinski definition) is 3. The molecule has 2 N–H and O–H groups in total. The molecule has 90 valence electrons. The second-order valence-corrected chi connectivity index (χ2v) is 5.27. The van der Waals surface area contributed by atoms with Crippen molar-refractivity contribution in [3.63, 3.8) is 0 Å². The number of nitrogens with zero attached hydrogens (tertiary/aromatic N) is 1. The number of aromatic nitrogens is 2. The van der Waals surface area contributed by atoms with Crippen molar-refractivity contribution in [1.82, 2.24) is 9.97 Å². The van der Waals surface area contributed by atoms with Gasteiger partial charge in [0, 0.05) is 5.02 Å². The molecule has 0 fully saturated rings. The number of H-pyrrole nitrogens is 1. The quantitative estimate of drug-likeness (QED) is 0.900. The molecule has 1 heterocycles. The molecule has 5 nitrogen and oxygen atoms in total. The first-order valence-electron chi connectivity index (χ1n) is 4.45. The topological polar surface area (TPSA) is 74.8 Å². The number of nitrogens with one attached hydrogen (secondary N) is 2. The Balaban J connectivity index is 2.33. The largest absolute Gasteiger partial charge is 0.334 e. The summed E-state index contributed by atoms with van der Waals surface area (Å²) in [6, 6.07) is 3.41. The Kier molecular flexibility index (Phi) is 3.03. The van der Waals surface area contributed by atoms with E-state index in [-0.39, 0.29) is 15.7 Å². The van der Waals surface area contributed by atoms with Crippen molar-refractivity contribution in [3.8, 4) is 0 Å². The van der Waals surface area contributed by atoms with E-state index < -0.39 is 15.8 Å². The van der Waals surface area contributed by atoms with Crippen LogP contribution in [0.15, 0.2) is 35.7 Å². The van der Waals surface area contributed by atoms with Gasteiger partial charge in [-0.2, -0.15) is 8.42 Å². The van der Waals surface area contributed by atoms with Crippen LogP contribution in [-0.4, -0.2) is 18.4 Å². The van der Waals surface area contributed by atoms with E-state index in [1.807, 2.05) is 0 Å². The average molecular weight is 276 g/mol. The lowest BCUT2D eigenvalue weighted by Gasteiger charge is -2.06. The second-order valence-electron chi connectivity index (χ2n) is 3.18.